The van der Waals surface area contributed by atoms with Crippen molar-refractivity contribution < 1.29 is 26.6 Å². The Kier molecular flexibility index (Phi) is 20.7. The zero-order valence-corrected chi connectivity index (χ0v) is 23.5. The fourth-order valence-electron chi connectivity index (χ4n) is 2.96. The van der Waals surface area contributed by atoms with Crippen molar-refractivity contribution in [1.82, 2.24) is 0 Å². The fourth-order valence-corrected chi connectivity index (χ4v) is 10.2. The van der Waals surface area contributed by atoms with Gasteiger partial charge in [-0.05, 0) is 76.7 Å². The first-order chi connectivity index (χ1) is 14.6. The molecule has 0 saturated carbocycles. The van der Waals surface area contributed by atoms with Crippen molar-refractivity contribution in [2.24, 2.45) is 0 Å². The first kappa shape index (κ1) is 30.6. The minimum Gasteiger partial charge on any atom is -0.374 e. The standard InChI is InChI=1S/C20H44O6S2Si2/c1-7-21-29(22-8-2,23-9-3)19-13-15-27-17-18-28-16-14-20-30(24-10-4,25-11-5)26-12-6/h17-18H,7-16,19-20H2,1-6H3. The number of thioether (sulfide) groups is 2. The van der Waals surface area contributed by atoms with Crippen LogP contribution in [0.5, 0.6) is 0 Å². The molecule has 0 atom stereocenters. The molecule has 0 saturated heterocycles. The maximum absolute atomic E-state index is 5.90. The molecule has 10 heteroatoms. The van der Waals surface area contributed by atoms with E-state index in [1.165, 1.54) is 0 Å². The summed E-state index contributed by atoms with van der Waals surface area (Å²) in [6, 6.07) is 1.74. The average Bonchev–Trinajstić information content (AvgIpc) is 2.70. The van der Waals surface area contributed by atoms with Crippen LogP contribution in [0.1, 0.15) is 54.4 Å². The van der Waals surface area contributed by atoms with Crippen LogP contribution < -0.4 is 0 Å². The van der Waals surface area contributed by atoms with Gasteiger partial charge < -0.3 is 26.6 Å². The van der Waals surface area contributed by atoms with E-state index in [1.54, 1.807) is 0 Å². The van der Waals surface area contributed by atoms with Gasteiger partial charge in [-0.15, -0.1) is 23.5 Å². The van der Waals surface area contributed by atoms with E-state index in [9.17, 15) is 0 Å². The largest absolute Gasteiger partial charge is 0.500 e. The highest BCUT2D eigenvalue weighted by atomic mass is 32.2. The van der Waals surface area contributed by atoms with Gasteiger partial charge in [0.2, 0.25) is 0 Å². The van der Waals surface area contributed by atoms with Crippen molar-refractivity contribution in [3.63, 3.8) is 0 Å². The smallest absolute Gasteiger partial charge is 0.374 e. The van der Waals surface area contributed by atoms with Crippen LogP contribution in [0, 0.1) is 0 Å². The third-order valence-electron chi connectivity index (χ3n) is 3.92. The molecule has 0 aliphatic rings. The number of hydrogen-bond donors (Lipinski definition) is 0. The predicted molar refractivity (Wildman–Crippen MR) is 134 cm³/mol. The second-order valence-electron chi connectivity index (χ2n) is 6.18. The highest BCUT2D eigenvalue weighted by Crippen LogP contribution is 2.22. The summed E-state index contributed by atoms with van der Waals surface area (Å²) < 4.78 is 35.4. The molecule has 0 bridgehead atoms. The van der Waals surface area contributed by atoms with Gasteiger partial charge in [-0.1, -0.05) is 0 Å². The van der Waals surface area contributed by atoms with Crippen LogP contribution in [-0.4, -0.2) is 68.8 Å². The Morgan fingerprint density at radius 1 is 0.500 bits per heavy atom. The van der Waals surface area contributed by atoms with Crippen LogP contribution in [-0.2, 0) is 26.6 Å². The first-order valence-electron chi connectivity index (χ1n) is 11.3. The lowest BCUT2D eigenvalue weighted by atomic mass is 10.6. The number of hydrogen-bond acceptors (Lipinski definition) is 8. The minimum absolute atomic E-state index is 0.635. The van der Waals surface area contributed by atoms with Gasteiger partial charge in [0, 0.05) is 51.7 Å². The molecule has 30 heavy (non-hydrogen) atoms. The van der Waals surface area contributed by atoms with Crippen molar-refractivity contribution >= 4 is 41.1 Å². The Morgan fingerprint density at radius 2 is 0.767 bits per heavy atom. The second-order valence-corrected chi connectivity index (χ2v) is 13.7. The molecule has 0 radical (unpaired) electrons. The van der Waals surface area contributed by atoms with Crippen molar-refractivity contribution in [1.29, 1.82) is 0 Å². The van der Waals surface area contributed by atoms with Gasteiger partial charge in [-0.2, -0.15) is 0 Å². The quantitative estimate of drug-likeness (QED) is 0.136. The van der Waals surface area contributed by atoms with Gasteiger partial charge in [0.1, 0.15) is 0 Å². The van der Waals surface area contributed by atoms with Gasteiger partial charge in [0.05, 0.1) is 0 Å². The van der Waals surface area contributed by atoms with E-state index in [0.29, 0.717) is 39.6 Å². The Labute approximate surface area is 195 Å². The molecule has 0 unspecified atom stereocenters. The molecule has 0 rings (SSSR count). The zero-order chi connectivity index (χ0) is 22.6. The van der Waals surface area contributed by atoms with Gasteiger partial charge in [-0.25, -0.2) is 0 Å². The maximum Gasteiger partial charge on any atom is 0.500 e. The van der Waals surface area contributed by atoms with Crippen molar-refractivity contribution in [2.75, 3.05) is 51.1 Å². The van der Waals surface area contributed by atoms with Crippen LogP contribution in [0.25, 0.3) is 0 Å². The molecular weight excluding hydrogens is 457 g/mol. The lowest BCUT2D eigenvalue weighted by Crippen LogP contribution is -2.46. The van der Waals surface area contributed by atoms with Gasteiger partial charge in [0.15, 0.2) is 0 Å². The van der Waals surface area contributed by atoms with Crippen LogP contribution in [0.3, 0.4) is 0 Å². The Balaban J connectivity index is 4.12. The predicted octanol–water partition coefficient (Wildman–Crippen LogP) is 5.80. The zero-order valence-electron chi connectivity index (χ0n) is 19.9. The molecule has 0 aliphatic heterocycles. The molecule has 0 N–H and O–H groups in total. The summed E-state index contributed by atoms with van der Waals surface area (Å²) >= 11 is 3.65. The minimum atomic E-state index is -2.49. The Morgan fingerprint density at radius 3 is 1.00 bits per heavy atom. The molecule has 0 aromatic carbocycles. The highest BCUT2D eigenvalue weighted by Gasteiger charge is 2.40. The van der Waals surface area contributed by atoms with Gasteiger partial charge >= 0.3 is 17.6 Å². The van der Waals surface area contributed by atoms with Crippen LogP contribution in [0.15, 0.2) is 10.8 Å². The normalized spacial score (nSPS) is 12.9. The van der Waals surface area contributed by atoms with E-state index in [0.717, 1.165) is 36.4 Å². The summed E-state index contributed by atoms with van der Waals surface area (Å²) in [6.07, 6.45) is 2.05. The summed E-state index contributed by atoms with van der Waals surface area (Å²) in [7, 11) is -4.99. The third-order valence-corrected chi connectivity index (χ3v) is 12.1. The van der Waals surface area contributed by atoms with Crippen molar-refractivity contribution in [3.05, 3.63) is 10.8 Å². The Hall–Kier alpha value is 0.634. The molecular formula is C20H44O6S2Si2. The summed E-state index contributed by atoms with van der Waals surface area (Å²) in [6.45, 7) is 15.8. The highest BCUT2D eigenvalue weighted by molar-refractivity contribution is 8.05. The van der Waals surface area contributed by atoms with E-state index >= 15 is 0 Å². The Bertz CT molecular complexity index is 349. The third kappa shape index (κ3) is 13.9. The molecule has 0 spiro atoms. The molecule has 6 nitrogen and oxygen atoms in total. The van der Waals surface area contributed by atoms with Crippen molar-refractivity contribution in [2.45, 2.75) is 66.5 Å². The summed E-state index contributed by atoms with van der Waals surface area (Å²) in [5.74, 6) is 2.07. The van der Waals surface area contributed by atoms with E-state index in [4.69, 9.17) is 26.6 Å². The van der Waals surface area contributed by atoms with Crippen molar-refractivity contribution in [3.8, 4) is 0 Å². The summed E-state index contributed by atoms with van der Waals surface area (Å²) in [5, 5.41) is 4.35. The lowest BCUT2D eigenvalue weighted by Gasteiger charge is -2.28. The molecule has 0 fully saturated rings. The van der Waals surface area contributed by atoms with Gasteiger partial charge in [-0.3, -0.25) is 0 Å². The average molecular weight is 501 g/mol. The van der Waals surface area contributed by atoms with Crippen LogP contribution in [0.4, 0.5) is 0 Å². The van der Waals surface area contributed by atoms with E-state index in [2.05, 4.69) is 10.8 Å². The van der Waals surface area contributed by atoms with E-state index < -0.39 is 17.6 Å². The van der Waals surface area contributed by atoms with Gasteiger partial charge in [0.25, 0.3) is 0 Å². The maximum atomic E-state index is 5.90. The van der Waals surface area contributed by atoms with E-state index in [1.807, 2.05) is 65.1 Å². The topological polar surface area (TPSA) is 55.4 Å². The molecule has 0 aliphatic carbocycles. The molecule has 0 heterocycles. The molecule has 0 aromatic heterocycles. The molecule has 0 aromatic rings. The number of rotatable bonds is 22. The van der Waals surface area contributed by atoms with E-state index in [-0.39, 0.29) is 0 Å². The fraction of sp³-hybridized carbons (Fsp3) is 0.900. The lowest BCUT2D eigenvalue weighted by molar-refractivity contribution is 0.0704. The molecule has 180 valence electrons. The van der Waals surface area contributed by atoms with Crippen LogP contribution in [0.2, 0.25) is 12.1 Å². The summed E-state index contributed by atoms with van der Waals surface area (Å²) in [5.41, 5.74) is 0. The SMILES string of the molecule is CCO[Si](CCCSC=CSCCC[Si](OCC)(OCC)OCC)(OCC)OCC. The second kappa shape index (κ2) is 20.3. The monoisotopic (exact) mass is 500 g/mol. The summed E-state index contributed by atoms with van der Waals surface area (Å²) in [4.78, 5) is 0. The van der Waals surface area contributed by atoms with Crippen LogP contribution >= 0.6 is 23.5 Å². The molecule has 0 amide bonds. The first-order valence-corrected chi connectivity index (χ1v) is 17.2.